The molecule has 0 bridgehead atoms. The summed E-state index contributed by atoms with van der Waals surface area (Å²) in [4.78, 5) is 21.2. The zero-order valence-electron chi connectivity index (χ0n) is 15.1. The number of carbonyl (C=O) groups is 1. The van der Waals surface area contributed by atoms with Gasteiger partial charge in [0.05, 0.1) is 17.7 Å². The van der Waals surface area contributed by atoms with E-state index in [1.165, 1.54) is 0 Å². The van der Waals surface area contributed by atoms with Crippen molar-refractivity contribution in [2.75, 3.05) is 5.32 Å². The summed E-state index contributed by atoms with van der Waals surface area (Å²) >= 11 is 0. The third-order valence-electron chi connectivity index (χ3n) is 4.00. The van der Waals surface area contributed by atoms with E-state index in [4.69, 9.17) is 5.26 Å². The smallest absolute Gasteiger partial charge is 0.270 e. The molecule has 27 heavy (non-hydrogen) atoms. The van der Waals surface area contributed by atoms with Crippen LogP contribution in [0, 0.1) is 18.3 Å². The van der Waals surface area contributed by atoms with E-state index in [9.17, 15) is 4.79 Å². The van der Waals surface area contributed by atoms with E-state index in [1.54, 1.807) is 30.3 Å². The summed E-state index contributed by atoms with van der Waals surface area (Å²) in [5.74, 6) is 0.0666. The van der Waals surface area contributed by atoms with Crippen LogP contribution < -0.4 is 10.6 Å². The van der Waals surface area contributed by atoms with Crippen LogP contribution in [0.1, 0.15) is 40.3 Å². The number of amides is 1. The second-order valence-electron chi connectivity index (χ2n) is 6.14. The van der Waals surface area contributed by atoms with E-state index >= 15 is 0 Å². The van der Waals surface area contributed by atoms with E-state index in [-0.39, 0.29) is 11.9 Å². The van der Waals surface area contributed by atoms with Gasteiger partial charge in [0.2, 0.25) is 5.95 Å². The number of aromatic nitrogens is 2. The molecule has 0 fully saturated rings. The largest absolute Gasteiger partial charge is 0.344 e. The van der Waals surface area contributed by atoms with Gasteiger partial charge in [-0.3, -0.25) is 4.79 Å². The maximum absolute atomic E-state index is 12.6. The Morgan fingerprint density at radius 3 is 2.44 bits per heavy atom. The fourth-order valence-electron chi connectivity index (χ4n) is 2.59. The molecule has 6 nitrogen and oxygen atoms in total. The van der Waals surface area contributed by atoms with Crippen LogP contribution in [-0.4, -0.2) is 15.9 Å². The molecule has 1 heterocycles. The SMILES string of the molecule is Cc1cc(C(=O)NC(C)c2ccccc2)nc(Nc2ccc(C#N)cc2)n1. The number of carbonyl (C=O) groups excluding carboxylic acids is 1. The first-order chi connectivity index (χ1) is 13.0. The lowest BCUT2D eigenvalue weighted by Gasteiger charge is -2.14. The highest BCUT2D eigenvalue weighted by Gasteiger charge is 2.14. The van der Waals surface area contributed by atoms with Gasteiger partial charge in [0, 0.05) is 11.4 Å². The number of benzene rings is 2. The van der Waals surface area contributed by atoms with Crippen molar-refractivity contribution in [1.29, 1.82) is 5.26 Å². The van der Waals surface area contributed by atoms with Crippen molar-refractivity contribution in [3.05, 3.63) is 83.2 Å². The molecule has 0 aliphatic carbocycles. The molecule has 0 radical (unpaired) electrons. The lowest BCUT2D eigenvalue weighted by molar-refractivity contribution is 0.0934. The average molecular weight is 357 g/mol. The van der Waals surface area contributed by atoms with Crippen molar-refractivity contribution in [1.82, 2.24) is 15.3 Å². The normalized spacial score (nSPS) is 11.3. The minimum atomic E-state index is -0.264. The van der Waals surface area contributed by atoms with Crippen molar-refractivity contribution >= 4 is 17.5 Å². The molecule has 1 amide bonds. The first kappa shape index (κ1) is 18.1. The Morgan fingerprint density at radius 1 is 1.07 bits per heavy atom. The fraction of sp³-hybridized carbons (Fsp3) is 0.143. The van der Waals surface area contributed by atoms with Crippen LogP contribution in [0.15, 0.2) is 60.7 Å². The average Bonchev–Trinajstić information content (AvgIpc) is 2.68. The summed E-state index contributed by atoms with van der Waals surface area (Å²) in [6.07, 6.45) is 0. The summed E-state index contributed by atoms with van der Waals surface area (Å²) in [6.45, 7) is 3.74. The van der Waals surface area contributed by atoms with Gasteiger partial charge in [-0.2, -0.15) is 5.26 Å². The summed E-state index contributed by atoms with van der Waals surface area (Å²) in [5, 5.41) is 14.9. The number of nitrogens with zero attached hydrogens (tertiary/aromatic N) is 3. The van der Waals surface area contributed by atoms with Gasteiger partial charge < -0.3 is 10.6 Å². The van der Waals surface area contributed by atoms with Crippen LogP contribution in [0.4, 0.5) is 11.6 Å². The number of anilines is 2. The Morgan fingerprint density at radius 2 is 1.78 bits per heavy atom. The maximum atomic E-state index is 12.6. The van der Waals surface area contributed by atoms with Gasteiger partial charge >= 0.3 is 0 Å². The zero-order chi connectivity index (χ0) is 19.2. The van der Waals surface area contributed by atoms with Gasteiger partial charge in [0.1, 0.15) is 5.69 Å². The number of hydrogen-bond acceptors (Lipinski definition) is 5. The van der Waals surface area contributed by atoms with Gasteiger partial charge in [-0.05, 0) is 49.7 Å². The minimum Gasteiger partial charge on any atom is -0.344 e. The molecule has 0 saturated heterocycles. The quantitative estimate of drug-likeness (QED) is 0.723. The number of aryl methyl sites for hydroxylation is 1. The topological polar surface area (TPSA) is 90.7 Å². The Hall–Kier alpha value is -3.72. The number of hydrogen-bond donors (Lipinski definition) is 2. The summed E-state index contributed by atoms with van der Waals surface area (Å²) in [5.41, 5.74) is 3.30. The third-order valence-corrected chi connectivity index (χ3v) is 4.00. The highest BCUT2D eigenvalue weighted by molar-refractivity contribution is 5.93. The Bertz CT molecular complexity index is 978. The van der Waals surface area contributed by atoms with Crippen molar-refractivity contribution in [3.8, 4) is 6.07 Å². The van der Waals surface area contributed by atoms with Crippen molar-refractivity contribution < 1.29 is 4.79 Å². The second-order valence-corrected chi connectivity index (χ2v) is 6.14. The maximum Gasteiger partial charge on any atom is 0.270 e. The number of nitrogens with one attached hydrogen (secondary N) is 2. The van der Waals surface area contributed by atoms with Crippen LogP contribution >= 0.6 is 0 Å². The van der Waals surface area contributed by atoms with Gasteiger partial charge in [-0.15, -0.1) is 0 Å². The van der Waals surface area contributed by atoms with Crippen LogP contribution in [-0.2, 0) is 0 Å². The van der Waals surface area contributed by atoms with Crippen LogP contribution in [0.3, 0.4) is 0 Å². The van der Waals surface area contributed by atoms with Gasteiger partial charge in [-0.25, -0.2) is 9.97 Å². The Balaban J connectivity index is 1.76. The molecule has 3 rings (SSSR count). The molecule has 1 aromatic heterocycles. The monoisotopic (exact) mass is 357 g/mol. The molecular formula is C21H19N5O. The molecule has 1 unspecified atom stereocenters. The lowest BCUT2D eigenvalue weighted by atomic mass is 10.1. The molecule has 2 aromatic carbocycles. The van der Waals surface area contributed by atoms with Gasteiger partial charge in [0.25, 0.3) is 5.91 Å². The molecule has 134 valence electrons. The lowest BCUT2D eigenvalue weighted by Crippen LogP contribution is -2.27. The van der Waals surface area contributed by atoms with Gasteiger partial charge in [-0.1, -0.05) is 30.3 Å². The van der Waals surface area contributed by atoms with Crippen LogP contribution in [0.25, 0.3) is 0 Å². The van der Waals surface area contributed by atoms with Crippen LogP contribution in [0.2, 0.25) is 0 Å². The summed E-state index contributed by atoms with van der Waals surface area (Å²) in [7, 11) is 0. The fourth-order valence-corrected chi connectivity index (χ4v) is 2.59. The Kier molecular flexibility index (Phi) is 5.43. The zero-order valence-corrected chi connectivity index (χ0v) is 15.1. The van der Waals surface area contributed by atoms with E-state index in [2.05, 4.69) is 26.7 Å². The third kappa shape index (κ3) is 4.67. The van der Waals surface area contributed by atoms with Gasteiger partial charge in [0.15, 0.2) is 0 Å². The second kappa shape index (κ2) is 8.11. The first-order valence-corrected chi connectivity index (χ1v) is 8.54. The predicted molar refractivity (Wildman–Crippen MR) is 104 cm³/mol. The van der Waals surface area contributed by atoms with E-state index in [1.807, 2.05) is 44.2 Å². The van der Waals surface area contributed by atoms with Crippen molar-refractivity contribution in [2.24, 2.45) is 0 Å². The molecule has 1 atom stereocenters. The number of nitriles is 1. The van der Waals surface area contributed by atoms with E-state index in [0.29, 0.717) is 22.9 Å². The summed E-state index contributed by atoms with van der Waals surface area (Å²) < 4.78 is 0. The first-order valence-electron chi connectivity index (χ1n) is 8.54. The van der Waals surface area contributed by atoms with Crippen molar-refractivity contribution in [3.63, 3.8) is 0 Å². The highest BCUT2D eigenvalue weighted by atomic mass is 16.1. The molecule has 0 saturated carbocycles. The Labute approximate surface area is 157 Å². The minimum absolute atomic E-state index is 0.135. The molecule has 0 aliphatic rings. The van der Waals surface area contributed by atoms with Crippen LogP contribution in [0.5, 0.6) is 0 Å². The molecule has 3 aromatic rings. The molecule has 0 spiro atoms. The molecule has 0 aliphatic heterocycles. The molecular weight excluding hydrogens is 338 g/mol. The molecule has 6 heteroatoms. The van der Waals surface area contributed by atoms with E-state index in [0.717, 1.165) is 11.3 Å². The summed E-state index contributed by atoms with van der Waals surface area (Å²) in [6, 6.07) is 20.3. The van der Waals surface area contributed by atoms with E-state index < -0.39 is 0 Å². The highest BCUT2D eigenvalue weighted by Crippen LogP contribution is 2.16. The number of rotatable bonds is 5. The standard InChI is InChI=1S/C21H19N5O/c1-14-12-19(20(27)24-15(2)17-6-4-3-5-7-17)26-21(23-14)25-18-10-8-16(13-22)9-11-18/h3-12,15H,1-2H3,(H,24,27)(H,23,25,26). The molecule has 2 N–H and O–H groups in total. The predicted octanol–water partition coefficient (Wildman–Crippen LogP) is 3.89. The van der Waals surface area contributed by atoms with Crippen molar-refractivity contribution in [2.45, 2.75) is 19.9 Å².